The third-order valence-corrected chi connectivity index (χ3v) is 2.04. The molecule has 1 unspecified atom stereocenters. The number of nitrogens with two attached hydrogens (primary N) is 1. The van der Waals surface area contributed by atoms with Crippen molar-refractivity contribution < 1.29 is 14.7 Å². The van der Waals surface area contributed by atoms with E-state index in [1.165, 1.54) is 0 Å². The first-order valence-corrected chi connectivity index (χ1v) is 5.07. The molecule has 0 aromatic carbocycles. The van der Waals surface area contributed by atoms with E-state index in [4.69, 9.17) is 10.8 Å². The van der Waals surface area contributed by atoms with Crippen LogP contribution in [0.25, 0.3) is 0 Å². The summed E-state index contributed by atoms with van der Waals surface area (Å²) in [5.41, 5.74) is 5.31. The summed E-state index contributed by atoms with van der Waals surface area (Å²) in [7, 11) is 0. The molecule has 0 rings (SSSR count). The maximum Gasteiger partial charge on any atom is 0.326 e. The van der Waals surface area contributed by atoms with E-state index in [1.54, 1.807) is 6.92 Å². The average Bonchev–Trinajstić information content (AvgIpc) is 2.09. The average molecular weight is 216 g/mol. The van der Waals surface area contributed by atoms with Crippen LogP contribution in [0.2, 0.25) is 0 Å². The molecule has 1 amide bonds. The summed E-state index contributed by atoms with van der Waals surface area (Å²) in [5, 5.41) is 11.2. The first kappa shape index (κ1) is 13.9. The van der Waals surface area contributed by atoms with Crippen LogP contribution >= 0.6 is 0 Å². The van der Waals surface area contributed by atoms with Gasteiger partial charge in [0.2, 0.25) is 5.91 Å². The quantitative estimate of drug-likeness (QED) is 0.602. The molecule has 1 atom stereocenters. The Kier molecular flexibility index (Phi) is 5.28. The van der Waals surface area contributed by atoms with Gasteiger partial charge in [-0.15, -0.1) is 0 Å². The first-order chi connectivity index (χ1) is 6.76. The number of nitrogens with one attached hydrogen (secondary N) is 1. The van der Waals surface area contributed by atoms with Crippen LogP contribution in [0.15, 0.2) is 0 Å². The lowest BCUT2D eigenvalue weighted by molar-refractivity contribution is -0.141. The molecule has 0 aliphatic carbocycles. The summed E-state index contributed by atoms with van der Waals surface area (Å²) in [5.74, 6) is -1.26. The normalized spacial score (nSPS) is 13.3. The molecule has 0 heterocycles. The highest BCUT2D eigenvalue weighted by Gasteiger charge is 2.19. The fourth-order valence-electron chi connectivity index (χ4n) is 1.04. The van der Waals surface area contributed by atoms with Crippen molar-refractivity contribution in [1.82, 2.24) is 5.32 Å². The van der Waals surface area contributed by atoms with E-state index in [-0.39, 0.29) is 12.3 Å². The monoisotopic (exact) mass is 216 g/mol. The van der Waals surface area contributed by atoms with E-state index < -0.39 is 17.6 Å². The van der Waals surface area contributed by atoms with Gasteiger partial charge >= 0.3 is 5.97 Å². The number of hydrogen-bond acceptors (Lipinski definition) is 3. The second-order valence-corrected chi connectivity index (χ2v) is 4.36. The van der Waals surface area contributed by atoms with Gasteiger partial charge in [0.05, 0.1) is 0 Å². The van der Waals surface area contributed by atoms with E-state index in [2.05, 4.69) is 5.32 Å². The molecular formula is C10H20N2O3. The van der Waals surface area contributed by atoms with Gasteiger partial charge in [-0.3, -0.25) is 4.79 Å². The Balaban J connectivity index is 3.98. The Labute approximate surface area is 90.0 Å². The van der Waals surface area contributed by atoms with Crippen LogP contribution in [0.5, 0.6) is 0 Å². The molecule has 0 aromatic heterocycles. The van der Waals surface area contributed by atoms with Gasteiger partial charge in [0.25, 0.3) is 0 Å². The maximum absolute atomic E-state index is 11.3. The van der Waals surface area contributed by atoms with Crippen molar-refractivity contribution in [2.45, 2.75) is 51.6 Å². The number of amides is 1. The molecule has 0 fully saturated rings. The molecule has 0 saturated heterocycles. The van der Waals surface area contributed by atoms with Crippen molar-refractivity contribution in [3.05, 3.63) is 0 Å². The van der Waals surface area contributed by atoms with Gasteiger partial charge in [-0.2, -0.15) is 0 Å². The van der Waals surface area contributed by atoms with Gasteiger partial charge in [0, 0.05) is 12.0 Å². The van der Waals surface area contributed by atoms with Crippen LogP contribution in [-0.4, -0.2) is 28.6 Å². The fraction of sp³-hybridized carbons (Fsp3) is 0.800. The van der Waals surface area contributed by atoms with Crippen molar-refractivity contribution in [3.8, 4) is 0 Å². The van der Waals surface area contributed by atoms with Crippen molar-refractivity contribution in [3.63, 3.8) is 0 Å². The zero-order valence-electron chi connectivity index (χ0n) is 9.54. The smallest absolute Gasteiger partial charge is 0.326 e. The molecule has 0 radical (unpaired) electrons. The first-order valence-electron chi connectivity index (χ1n) is 5.07. The van der Waals surface area contributed by atoms with Gasteiger partial charge in [-0.25, -0.2) is 4.79 Å². The third kappa shape index (κ3) is 6.90. The second kappa shape index (κ2) is 5.70. The lowest BCUT2D eigenvalue weighted by Crippen LogP contribution is -2.41. The van der Waals surface area contributed by atoms with Gasteiger partial charge in [0.1, 0.15) is 6.04 Å². The van der Waals surface area contributed by atoms with Crippen LogP contribution in [-0.2, 0) is 9.59 Å². The largest absolute Gasteiger partial charge is 0.480 e. The highest BCUT2D eigenvalue weighted by Crippen LogP contribution is 2.06. The van der Waals surface area contributed by atoms with Crippen LogP contribution in [0.3, 0.4) is 0 Å². The summed E-state index contributed by atoms with van der Waals surface area (Å²) in [6.07, 6.45) is 1.18. The molecule has 0 aromatic rings. The predicted molar refractivity (Wildman–Crippen MR) is 57.4 cm³/mol. The number of hydrogen-bond donors (Lipinski definition) is 3. The zero-order valence-corrected chi connectivity index (χ0v) is 9.54. The van der Waals surface area contributed by atoms with Gasteiger partial charge in [0.15, 0.2) is 0 Å². The van der Waals surface area contributed by atoms with Gasteiger partial charge in [-0.1, -0.05) is 6.92 Å². The Morgan fingerprint density at radius 2 is 2.00 bits per heavy atom. The lowest BCUT2D eigenvalue weighted by atomic mass is 10.00. The summed E-state index contributed by atoms with van der Waals surface area (Å²) < 4.78 is 0. The highest BCUT2D eigenvalue weighted by atomic mass is 16.4. The lowest BCUT2D eigenvalue weighted by Gasteiger charge is -2.18. The molecule has 0 bridgehead atoms. The number of carboxylic acid groups (broad SMARTS) is 1. The minimum Gasteiger partial charge on any atom is -0.480 e. The summed E-state index contributed by atoms with van der Waals surface area (Å²) in [4.78, 5) is 22.0. The molecule has 88 valence electrons. The number of carbonyl (C=O) groups excluding carboxylic acids is 1. The second-order valence-electron chi connectivity index (χ2n) is 4.36. The molecule has 15 heavy (non-hydrogen) atoms. The van der Waals surface area contributed by atoms with E-state index in [0.29, 0.717) is 12.8 Å². The van der Waals surface area contributed by atoms with Crippen molar-refractivity contribution in [2.75, 3.05) is 0 Å². The Hall–Kier alpha value is -1.10. The van der Waals surface area contributed by atoms with Crippen LogP contribution in [0.4, 0.5) is 0 Å². The molecule has 4 N–H and O–H groups in total. The van der Waals surface area contributed by atoms with Crippen molar-refractivity contribution >= 4 is 11.9 Å². The number of carboxylic acids is 1. The van der Waals surface area contributed by atoms with Crippen molar-refractivity contribution in [1.29, 1.82) is 0 Å². The molecular weight excluding hydrogens is 196 g/mol. The van der Waals surface area contributed by atoms with Crippen LogP contribution in [0.1, 0.15) is 40.0 Å². The molecule has 0 spiro atoms. The van der Waals surface area contributed by atoms with E-state index in [9.17, 15) is 9.59 Å². The Bertz CT molecular complexity index is 233. The standard InChI is InChI=1S/C10H20N2O3/c1-4-7(9(14)15)12-8(13)5-6-10(2,3)11/h7H,4-6,11H2,1-3H3,(H,12,13)(H,14,15). The molecule has 0 aliphatic heterocycles. The molecule has 0 aliphatic rings. The number of rotatable bonds is 6. The van der Waals surface area contributed by atoms with Gasteiger partial charge < -0.3 is 16.2 Å². The van der Waals surface area contributed by atoms with Crippen LogP contribution in [0, 0.1) is 0 Å². The Morgan fingerprint density at radius 3 is 2.33 bits per heavy atom. The zero-order chi connectivity index (χ0) is 12.1. The van der Waals surface area contributed by atoms with E-state index in [0.717, 1.165) is 0 Å². The fourth-order valence-corrected chi connectivity index (χ4v) is 1.04. The van der Waals surface area contributed by atoms with Crippen LogP contribution < -0.4 is 11.1 Å². The predicted octanol–water partition coefficient (Wildman–Crippen LogP) is 0.483. The topological polar surface area (TPSA) is 92.4 Å². The molecule has 5 nitrogen and oxygen atoms in total. The minimum absolute atomic E-state index is 0.257. The highest BCUT2D eigenvalue weighted by molar-refractivity contribution is 5.83. The maximum atomic E-state index is 11.3. The van der Waals surface area contributed by atoms with E-state index in [1.807, 2.05) is 13.8 Å². The minimum atomic E-state index is -1.00. The summed E-state index contributed by atoms with van der Waals surface area (Å²) >= 11 is 0. The molecule has 5 heteroatoms. The summed E-state index contributed by atoms with van der Waals surface area (Å²) in [6, 6.07) is -0.793. The molecule has 0 saturated carbocycles. The van der Waals surface area contributed by atoms with Crippen molar-refractivity contribution in [2.24, 2.45) is 5.73 Å². The van der Waals surface area contributed by atoms with Gasteiger partial charge in [-0.05, 0) is 26.7 Å². The number of carbonyl (C=O) groups is 2. The van der Waals surface area contributed by atoms with E-state index >= 15 is 0 Å². The Morgan fingerprint density at radius 1 is 1.47 bits per heavy atom. The number of aliphatic carboxylic acids is 1. The SMILES string of the molecule is CCC(NC(=O)CCC(C)(C)N)C(=O)O. The third-order valence-electron chi connectivity index (χ3n) is 2.04. The summed E-state index contributed by atoms with van der Waals surface area (Å²) in [6.45, 7) is 5.37.